The molecule has 2 aliphatic rings. The molecular formula is C32H28O6. The zero-order valence-electron chi connectivity index (χ0n) is 21.4. The second kappa shape index (κ2) is 10.6. The van der Waals surface area contributed by atoms with Crippen molar-refractivity contribution in [2.24, 2.45) is 0 Å². The summed E-state index contributed by atoms with van der Waals surface area (Å²) in [6.07, 6.45) is 0. The highest BCUT2D eigenvalue weighted by Crippen LogP contribution is 2.47. The highest BCUT2D eigenvalue weighted by Gasteiger charge is 2.20. The number of ether oxygens (including phenoxy) is 6. The first-order chi connectivity index (χ1) is 18.7. The quantitative estimate of drug-likeness (QED) is 0.228. The van der Waals surface area contributed by atoms with Crippen LogP contribution in [0.15, 0.2) is 84.9 Å². The molecule has 6 nitrogen and oxygen atoms in total. The Kier molecular flexibility index (Phi) is 6.73. The van der Waals surface area contributed by atoms with Crippen LogP contribution >= 0.6 is 0 Å². The smallest absolute Gasteiger partial charge is 0.188 e. The molecule has 38 heavy (non-hydrogen) atoms. The third kappa shape index (κ3) is 4.72. The summed E-state index contributed by atoms with van der Waals surface area (Å²) in [7, 11) is 3.22. The van der Waals surface area contributed by atoms with E-state index in [0.29, 0.717) is 24.7 Å². The summed E-state index contributed by atoms with van der Waals surface area (Å²) < 4.78 is 35.2. The average Bonchev–Trinajstić information content (AvgIpc) is 2.96. The van der Waals surface area contributed by atoms with Gasteiger partial charge in [0.1, 0.15) is 36.2 Å². The Morgan fingerprint density at radius 2 is 0.974 bits per heavy atom. The number of hydrogen-bond acceptors (Lipinski definition) is 6. The van der Waals surface area contributed by atoms with Crippen molar-refractivity contribution >= 4 is 21.5 Å². The number of benzene rings is 5. The Labute approximate surface area is 221 Å². The van der Waals surface area contributed by atoms with Gasteiger partial charge in [0.2, 0.25) is 0 Å². The Bertz CT molecular complexity index is 1470. The van der Waals surface area contributed by atoms with Crippen molar-refractivity contribution < 1.29 is 28.4 Å². The standard InChI is InChI=1S/C32H28O6/c1-33-19-37-29-13-9-23-7-11-25-15-27(23)31(29)32-28-16-26(12-8-24(28)10-14-30(32)38-20-34-2)36-18-22-5-3-21(4-6-22)17-35-25/h3-16H,17-20H2,1-2H3. The average molecular weight is 509 g/mol. The highest BCUT2D eigenvalue weighted by molar-refractivity contribution is 6.10. The normalized spacial score (nSPS) is 12.6. The Morgan fingerprint density at radius 3 is 1.39 bits per heavy atom. The summed E-state index contributed by atoms with van der Waals surface area (Å²) >= 11 is 0. The van der Waals surface area contributed by atoms with Gasteiger partial charge < -0.3 is 28.4 Å². The van der Waals surface area contributed by atoms with E-state index in [1.165, 1.54) is 0 Å². The number of methoxy groups -OCH3 is 2. The molecule has 6 heteroatoms. The van der Waals surface area contributed by atoms with Crippen molar-refractivity contribution in [3.63, 3.8) is 0 Å². The zero-order chi connectivity index (χ0) is 25.9. The van der Waals surface area contributed by atoms with Crippen LogP contribution in [0.3, 0.4) is 0 Å². The first-order valence-electron chi connectivity index (χ1n) is 12.4. The maximum atomic E-state index is 6.23. The topological polar surface area (TPSA) is 55.4 Å². The van der Waals surface area contributed by atoms with Crippen molar-refractivity contribution in [3.05, 3.63) is 96.1 Å². The molecule has 0 aliphatic carbocycles. The van der Waals surface area contributed by atoms with Gasteiger partial charge in [0, 0.05) is 25.3 Å². The lowest BCUT2D eigenvalue weighted by atomic mass is 9.92. The van der Waals surface area contributed by atoms with Crippen molar-refractivity contribution in [2.75, 3.05) is 27.8 Å². The van der Waals surface area contributed by atoms with Crippen LogP contribution in [0.1, 0.15) is 11.1 Å². The van der Waals surface area contributed by atoms with Crippen molar-refractivity contribution in [2.45, 2.75) is 13.2 Å². The van der Waals surface area contributed by atoms with Crippen molar-refractivity contribution in [1.82, 2.24) is 0 Å². The summed E-state index contributed by atoms with van der Waals surface area (Å²) in [4.78, 5) is 0. The molecule has 2 aliphatic heterocycles. The first-order valence-corrected chi connectivity index (χ1v) is 12.4. The van der Waals surface area contributed by atoms with E-state index in [1.807, 2.05) is 36.4 Å². The van der Waals surface area contributed by atoms with Gasteiger partial charge in [-0.15, -0.1) is 0 Å². The van der Waals surface area contributed by atoms with Crippen LogP contribution in [0.2, 0.25) is 0 Å². The van der Waals surface area contributed by atoms with E-state index < -0.39 is 0 Å². The molecule has 0 unspecified atom stereocenters. The lowest BCUT2D eigenvalue weighted by molar-refractivity contribution is 0.0502. The minimum atomic E-state index is 0.109. The summed E-state index contributed by atoms with van der Waals surface area (Å²) in [6, 6.07) is 28.6. The van der Waals surface area contributed by atoms with E-state index in [4.69, 9.17) is 28.4 Å². The summed E-state index contributed by atoms with van der Waals surface area (Å²) in [6.45, 7) is 1.13. The number of hydrogen-bond donors (Lipinski definition) is 0. The fraction of sp³-hybridized carbons (Fsp3) is 0.188. The van der Waals surface area contributed by atoms with Crippen LogP contribution in [-0.4, -0.2) is 27.8 Å². The predicted octanol–water partition coefficient (Wildman–Crippen LogP) is 7.10. The molecule has 192 valence electrons. The molecule has 0 saturated carbocycles. The molecular weight excluding hydrogens is 480 g/mol. The van der Waals surface area contributed by atoms with Crippen LogP contribution in [0, 0.1) is 0 Å². The Hall–Kier alpha value is -4.26. The van der Waals surface area contributed by atoms with Crippen LogP contribution in [0.4, 0.5) is 0 Å². The molecule has 6 bridgehead atoms. The SMILES string of the molecule is COCOc1ccc2ccc3cc2c1-c1c(OCOC)ccc2ccc(cc12)OCc1ccc(cc1)CO3. The van der Waals surface area contributed by atoms with Crippen molar-refractivity contribution in [1.29, 1.82) is 0 Å². The summed E-state index contributed by atoms with van der Waals surface area (Å²) in [5.74, 6) is 2.88. The van der Waals surface area contributed by atoms with E-state index in [-0.39, 0.29) is 13.6 Å². The molecule has 0 radical (unpaired) electrons. The van der Waals surface area contributed by atoms with E-state index >= 15 is 0 Å². The molecule has 0 saturated heterocycles. The van der Waals surface area contributed by atoms with E-state index in [1.54, 1.807) is 14.2 Å². The molecule has 5 aromatic carbocycles. The minimum Gasteiger partial charge on any atom is -0.489 e. The van der Waals surface area contributed by atoms with Crippen LogP contribution in [-0.2, 0) is 22.7 Å². The lowest BCUT2D eigenvalue weighted by Crippen LogP contribution is -2.04. The van der Waals surface area contributed by atoms with Gasteiger partial charge in [-0.05, 0) is 69.1 Å². The van der Waals surface area contributed by atoms with Gasteiger partial charge in [0.05, 0.1) is 0 Å². The predicted molar refractivity (Wildman–Crippen MR) is 147 cm³/mol. The monoisotopic (exact) mass is 508 g/mol. The summed E-state index contributed by atoms with van der Waals surface area (Å²) in [5, 5.41) is 4.04. The fourth-order valence-electron chi connectivity index (χ4n) is 4.80. The zero-order valence-corrected chi connectivity index (χ0v) is 21.4. The van der Waals surface area contributed by atoms with Gasteiger partial charge in [-0.2, -0.15) is 0 Å². The van der Waals surface area contributed by atoms with E-state index in [9.17, 15) is 0 Å². The maximum Gasteiger partial charge on any atom is 0.188 e. The third-order valence-corrected chi connectivity index (χ3v) is 6.66. The number of fused-ring (bicyclic) bond motifs is 4. The van der Waals surface area contributed by atoms with Gasteiger partial charge in [-0.1, -0.05) is 48.5 Å². The van der Waals surface area contributed by atoms with E-state index in [0.717, 1.165) is 55.3 Å². The molecule has 0 aromatic heterocycles. The molecule has 0 amide bonds. The number of rotatable bonds is 6. The molecule has 7 rings (SSSR count). The van der Waals surface area contributed by atoms with Crippen LogP contribution < -0.4 is 18.9 Å². The lowest BCUT2D eigenvalue weighted by Gasteiger charge is -2.20. The minimum absolute atomic E-state index is 0.109. The largest absolute Gasteiger partial charge is 0.489 e. The Morgan fingerprint density at radius 1 is 0.553 bits per heavy atom. The highest BCUT2D eigenvalue weighted by atomic mass is 16.7. The second-order valence-electron chi connectivity index (χ2n) is 9.14. The molecule has 0 N–H and O–H groups in total. The van der Waals surface area contributed by atoms with E-state index in [2.05, 4.69) is 48.5 Å². The molecule has 0 fully saturated rings. The molecule has 2 heterocycles. The fourth-order valence-corrected chi connectivity index (χ4v) is 4.80. The van der Waals surface area contributed by atoms with Crippen molar-refractivity contribution in [3.8, 4) is 34.1 Å². The first kappa shape index (κ1) is 24.1. The van der Waals surface area contributed by atoms with Gasteiger partial charge in [-0.3, -0.25) is 0 Å². The third-order valence-electron chi connectivity index (χ3n) is 6.66. The van der Waals surface area contributed by atoms with Gasteiger partial charge >= 0.3 is 0 Å². The van der Waals surface area contributed by atoms with Gasteiger partial charge in [-0.25, -0.2) is 0 Å². The summed E-state index contributed by atoms with van der Waals surface area (Å²) in [5.41, 5.74) is 3.93. The molecule has 5 aromatic rings. The molecule has 0 spiro atoms. The van der Waals surface area contributed by atoms with Gasteiger partial charge in [0.25, 0.3) is 0 Å². The second-order valence-corrected chi connectivity index (χ2v) is 9.14. The van der Waals surface area contributed by atoms with Crippen LogP contribution in [0.25, 0.3) is 32.7 Å². The van der Waals surface area contributed by atoms with Crippen LogP contribution in [0.5, 0.6) is 23.0 Å². The Balaban J connectivity index is 1.67. The molecule has 0 atom stereocenters. The van der Waals surface area contributed by atoms with Gasteiger partial charge in [0.15, 0.2) is 13.6 Å². The maximum absolute atomic E-state index is 6.23.